The third kappa shape index (κ3) is 4.56. The van der Waals surface area contributed by atoms with E-state index in [9.17, 15) is 9.59 Å². The number of nitrogens with one attached hydrogen (secondary N) is 1. The van der Waals surface area contributed by atoms with Gasteiger partial charge in [0.05, 0.1) is 23.9 Å². The number of rotatable bonds is 6. The van der Waals surface area contributed by atoms with E-state index in [1.54, 1.807) is 12.0 Å². The Morgan fingerprint density at radius 3 is 2.88 bits per heavy atom. The van der Waals surface area contributed by atoms with Crippen LogP contribution in [0.25, 0.3) is 0 Å². The maximum Gasteiger partial charge on any atom is 0.225 e. The molecule has 0 spiro atoms. The number of carbonyl (C=O) groups is 2. The maximum absolute atomic E-state index is 12.5. The minimum Gasteiger partial charge on any atom is -0.496 e. The minimum absolute atomic E-state index is 0.0213. The summed E-state index contributed by atoms with van der Waals surface area (Å²) in [6.07, 6.45) is 0.969. The monoisotopic (exact) mass is 392 g/mol. The average Bonchev–Trinajstić information content (AvgIpc) is 3.07. The average molecular weight is 393 g/mol. The van der Waals surface area contributed by atoms with Crippen LogP contribution in [0.3, 0.4) is 0 Å². The topological polar surface area (TPSA) is 58.6 Å². The Balaban J connectivity index is 1.60. The van der Waals surface area contributed by atoms with Gasteiger partial charge >= 0.3 is 0 Å². The summed E-state index contributed by atoms with van der Waals surface area (Å²) >= 11 is 7.37. The highest BCUT2D eigenvalue weighted by Crippen LogP contribution is 2.25. The molecule has 2 heterocycles. The molecule has 1 aliphatic heterocycles. The summed E-state index contributed by atoms with van der Waals surface area (Å²) in [5.41, 5.74) is 0.942. The van der Waals surface area contributed by atoms with Crippen LogP contribution in [0.5, 0.6) is 5.75 Å². The Labute approximate surface area is 161 Å². The van der Waals surface area contributed by atoms with E-state index in [1.165, 1.54) is 11.3 Å². The van der Waals surface area contributed by atoms with Crippen molar-refractivity contribution in [2.45, 2.75) is 25.9 Å². The summed E-state index contributed by atoms with van der Waals surface area (Å²) in [5.74, 6) is 0.608. The molecule has 5 nitrogen and oxygen atoms in total. The van der Waals surface area contributed by atoms with E-state index in [0.717, 1.165) is 16.2 Å². The molecule has 138 valence electrons. The third-order valence-electron chi connectivity index (χ3n) is 4.49. The Bertz CT molecular complexity index is 793. The number of amides is 2. The van der Waals surface area contributed by atoms with Crippen LogP contribution in [0.2, 0.25) is 4.34 Å². The highest BCUT2D eigenvalue weighted by Gasteiger charge is 2.30. The molecule has 2 amide bonds. The van der Waals surface area contributed by atoms with Crippen LogP contribution in [-0.2, 0) is 22.7 Å². The summed E-state index contributed by atoms with van der Waals surface area (Å²) in [6.45, 7) is 1.34. The van der Waals surface area contributed by atoms with Gasteiger partial charge in [-0.25, -0.2) is 0 Å². The number of para-hydroxylation sites is 1. The van der Waals surface area contributed by atoms with Crippen molar-refractivity contribution in [3.8, 4) is 5.75 Å². The van der Waals surface area contributed by atoms with Gasteiger partial charge < -0.3 is 15.0 Å². The van der Waals surface area contributed by atoms with E-state index in [2.05, 4.69) is 5.32 Å². The summed E-state index contributed by atoms with van der Waals surface area (Å²) in [5, 5.41) is 2.95. The Kier molecular flexibility index (Phi) is 6.16. The zero-order valence-corrected chi connectivity index (χ0v) is 16.1. The second-order valence-electron chi connectivity index (χ2n) is 6.25. The number of methoxy groups -OCH3 is 1. The van der Waals surface area contributed by atoms with Crippen molar-refractivity contribution < 1.29 is 14.3 Å². The fourth-order valence-corrected chi connectivity index (χ4v) is 4.11. The van der Waals surface area contributed by atoms with Crippen LogP contribution in [-0.4, -0.2) is 30.4 Å². The first kappa shape index (κ1) is 18.7. The highest BCUT2D eigenvalue weighted by atomic mass is 35.5. The summed E-state index contributed by atoms with van der Waals surface area (Å²) in [6, 6.07) is 11.4. The van der Waals surface area contributed by atoms with Gasteiger partial charge in [0.2, 0.25) is 11.8 Å². The molecule has 0 aliphatic carbocycles. The molecule has 1 saturated heterocycles. The molecular formula is C19H21ClN2O3S. The van der Waals surface area contributed by atoms with Crippen LogP contribution in [0.1, 0.15) is 23.3 Å². The van der Waals surface area contributed by atoms with Crippen LogP contribution < -0.4 is 10.1 Å². The van der Waals surface area contributed by atoms with E-state index >= 15 is 0 Å². The lowest BCUT2D eigenvalue weighted by Crippen LogP contribution is -2.45. The fraction of sp³-hybridized carbons (Fsp3) is 0.368. The number of piperidine rings is 1. The van der Waals surface area contributed by atoms with Gasteiger partial charge in [-0.05, 0) is 24.6 Å². The van der Waals surface area contributed by atoms with Crippen molar-refractivity contribution in [1.29, 1.82) is 0 Å². The number of hydrogen-bond donors (Lipinski definition) is 1. The first-order valence-electron chi connectivity index (χ1n) is 8.48. The number of nitrogens with zero attached hydrogens (tertiary/aromatic N) is 1. The maximum atomic E-state index is 12.5. The molecule has 0 unspecified atom stereocenters. The molecule has 0 radical (unpaired) electrons. The lowest BCUT2D eigenvalue weighted by atomic mass is 9.96. The molecule has 2 aromatic rings. The van der Waals surface area contributed by atoms with Gasteiger partial charge in [0.25, 0.3) is 0 Å². The summed E-state index contributed by atoms with van der Waals surface area (Å²) in [4.78, 5) is 27.6. The van der Waals surface area contributed by atoms with E-state index in [1.807, 2.05) is 36.4 Å². The molecule has 26 heavy (non-hydrogen) atoms. The van der Waals surface area contributed by atoms with Crippen molar-refractivity contribution in [2.75, 3.05) is 13.7 Å². The van der Waals surface area contributed by atoms with Gasteiger partial charge in [-0.3, -0.25) is 9.59 Å². The quantitative estimate of drug-likeness (QED) is 0.818. The van der Waals surface area contributed by atoms with Gasteiger partial charge in [0, 0.05) is 30.0 Å². The molecule has 1 aromatic carbocycles. The number of likely N-dealkylation sites (tertiary alicyclic amines) is 1. The predicted octanol–water partition coefficient (Wildman–Crippen LogP) is 3.47. The van der Waals surface area contributed by atoms with E-state index in [0.29, 0.717) is 36.8 Å². The molecule has 1 aromatic heterocycles. The number of hydrogen-bond acceptors (Lipinski definition) is 4. The Morgan fingerprint density at radius 2 is 2.15 bits per heavy atom. The van der Waals surface area contributed by atoms with E-state index in [-0.39, 0.29) is 17.7 Å². The van der Waals surface area contributed by atoms with Crippen LogP contribution in [0.15, 0.2) is 36.4 Å². The predicted molar refractivity (Wildman–Crippen MR) is 102 cm³/mol. The largest absolute Gasteiger partial charge is 0.496 e. The van der Waals surface area contributed by atoms with Crippen molar-refractivity contribution in [2.24, 2.45) is 5.92 Å². The SMILES string of the molecule is COc1ccccc1CN1C[C@@H](C(=O)NCc2ccc(Cl)s2)CCC1=O. The van der Waals surface area contributed by atoms with Crippen LogP contribution in [0, 0.1) is 5.92 Å². The van der Waals surface area contributed by atoms with Gasteiger partial charge in [0.15, 0.2) is 0 Å². The first-order chi connectivity index (χ1) is 12.6. The molecule has 0 bridgehead atoms. The number of benzene rings is 1. The normalized spacial score (nSPS) is 17.2. The first-order valence-corrected chi connectivity index (χ1v) is 9.68. The zero-order valence-electron chi connectivity index (χ0n) is 14.5. The van der Waals surface area contributed by atoms with E-state index < -0.39 is 0 Å². The Morgan fingerprint density at radius 1 is 1.35 bits per heavy atom. The summed E-state index contributed by atoms with van der Waals surface area (Å²) < 4.78 is 6.07. The molecule has 1 fully saturated rings. The van der Waals surface area contributed by atoms with Gasteiger partial charge in [-0.15, -0.1) is 11.3 Å². The molecule has 1 atom stereocenters. The van der Waals surface area contributed by atoms with Crippen molar-refractivity contribution in [1.82, 2.24) is 10.2 Å². The highest BCUT2D eigenvalue weighted by molar-refractivity contribution is 7.16. The molecule has 1 aliphatic rings. The minimum atomic E-state index is -0.196. The lowest BCUT2D eigenvalue weighted by Gasteiger charge is -2.32. The third-order valence-corrected chi connectivity index (χ3v) is 5.72. The second-order valence-corrected chi connectivity index (χ2v) is 8.04. The lowest BCUT2D eigenvalue weighted by molar-refractivity contribution is -0.139. The van der Waals surface area contributed by atoms with Gasteiger partial charge in [-0.2, -0.15) is 0 Å². The molecule has 0 saturated carbocycles. The van der Waals surface area contributed by atoms with Gasteiger partial charge in [-0.1, -0.05) is 29.8 Å². The Hall–Kier alpha value is -2.05. The van der Waals surface area contributed by atoms with E-state index in [4.69, 9.17) is 16.3 Å². The molecule has 1 N–H and O–H groups in total. The summed E-state index contributed by atoms with van der Waals surface area (Å²) in [7, 11) is 1.62. The second kappa shape index (κ2) is 8.56. The number of carbonyl (C=O) groups excluding carboxylic acids is 2. The smallest absolute Gasteiger partial charge is 0.225 e. The van der Waals surface area contributed by atoms with Crippen molar-refractivity contribution in [3.05, 3.63) is 51.2 Å². The molecule has 7 heteroatoms. The number of halogens is 1. The number of thiophene rings is 1. The zero-order chi connectivity index (χ0) is 18.5. The van der Waals surface area contributed by atoms with Crippen molar-refractivity contribution >= 4 is 34.8 Å². The number of ether oxygens (including phenoxy) is 1. The van der Waals surface area contributed by atoms with Gasteiger partial charge in [0.1, 0.15) is 5.75 Å². The van der Waals surface area contributed by atoms with Crippen molar-refractivity contribution in [3.63, 3.8) is 0 Å². The molecular weight excluding hydrogens is 372 g/mol. The fourth-order valence-electron chi connectivity index (χ4n) is 3.09. The van der Waals surface area contributed by atoms with Crippen LogP contribution >= 0.6 is 22.9 Å². The molecule has 3 rings (SSSR count). The van der Waals surface area contributed by atoms with Crippen LogP contribution in [0.4, 0.5) is 0 Å². The standard InChI is InChI=1S/C19H21ClN2O3S/c1-25-16-5-3-2-4-13(16)11-22-12-14(6-9-18(22)23)19(24)21-10-15-7-8-17(20)26-15/h2-5,7-8,14H,6,9-12H2,1H3,(H,21,24)/t14-/m0/s1.